The van der Waals surface area contributed by atoms with Crippen molar-refractivity contribution in [1.82, 2.24) is 20.0 Å². The minimum atomic E-state index is 0. The van der Waals surface area contributed by atoms with E-state index in [1.54, 1.807) is 0 Å². The molecular formula is C12H23ClN4. The zero-order chi connectivity index (χ0) is 11.5. The summed E-state index contributed by atoms with van der Waals surface area (Å²) in [4.78, 5) is 2.53. The molecule has 2 rings (SSSR count). The standard InChI is InChI=1S/C12H22N4.ClH/c1-10-12(8-15(3)14-10)9-16-5-4-11(7-16)6-13-2;/h8,11,13H,4-7,9H2,1-3H3;1H. The van der Waals surface area contributed by atoms with Gasteiger partial charge in [0.15, 0.2) is 0 Å². The second-order valence-electron chi connectivity index (χ2n) is 4.86. The number of hydrogen-bond donors (Lipinski definition) is 1. The Balaban J connectivity index is 0.00000144. The normalized spacial score (nSPS) is 20.5. The summed E-state index contributed by atoms with van der Waals surface area (Å²) in [6.07, 6.45) is 3.46. The first-order valence-corrected chi connectivity index (χ1v) is 6.05. The van der Waals surface area contributed by atoms with E-state index in [-0.39, 0.29) is 12.4 Å². The van der Waals surface area contributed by atoms with Crippen LogP contribution in [-0.4, -0.2) is 41.4 Å². The van der Waals surface area contributed by atoms with Crippen LogP contribution in [0.1, 0.15) is 17.7 Å². The van der Waals surface area contributed by atoms with Crippen LogP contribution in [0.4, 0.5) is 0 Å². The van der Waals surface area contributed by atoms with E-state index in [1.807, 2.05) is 18.8 Å². The predicted molar refractivity (Wildman–Crippen MR) is 72.5 cm³/mol. The molecule has 2 heterocycles. The maximum Gasteiger partial charge on any atom is 0.0638 e. The van der Waals surface area contributed by atoms with E-state index in [0.717, 1.165) is 19.0 Å². The third kappa shape index (κ3) is 3.69. The summed E-state index contributed by atoms with van der Waals surface area (Å²) in [5.74, 6) is 0.821. The molecule has 0 bridgehead atoms. The van der Waals surface area contributed by atoms with Gasteiger partial charge in [-0.3, -0.25) is 9.58 Å². The second kappa shape index (κ2) is 6.38. The number of aryl methyl sites for hydroxylation is 2. The first kappa shape index (κ1) is 14.5. The van der Waals surface area contributed by atoms with Gasteiger partial charge in [-0.25, -0.2) is 0 Å². The van der Waals surface area contributed by atoms with E-state index >= 15 is 0 Å². The Kier molecular flexibility index (Phi) is 5.43. The van der Waals surface area contributed by atoms with Gasteiger partial charge < -0.3 is 5.32 Å². The molecule has 1 aromatic heterocycles. The fourth-order valence-corrected chi connectivity index (χ4v) is 2.56. The van der Waals surface area contributed by atoms with Crippen LogP contribution in [-0.2, 0) is 13.6 Å². The number of rotatable bonds is 4. The van der Waals surface area contributed by atoms with Gasteiger partial charge in [-0.1, -0.05) is 0 Å². The molecule has 1 fully saturated rings. The van der Waals surface area contributed by atoms with Crippen LogP contribution < -0.4 is 5.32 Å². The van der Waals surface area contributed by atoms with Gasteiger partial charge in [0.2, 0.25) is 0 Å². The summed E-state index contributed by atoms with van der Waals surface area (Å²) in [5.41, 5.74) is 2.53. The summed E-state index contributed by atoms with van der Waals surface area (Å²) < 4.78 is 1.91. The Hall–Kier alpha value is -0.580. The van der Waals surface area contributed by atoms with Crippen molar-refractivity contribution in [2.75, 3.05) is 26.7 Å². The van der Waals surface area contributed by atoms with Crippen LogP contribution in [0.2, 0.25) is 0 Å². The predicted octanol–water partition coefficient (Wildman–Crippen LogP) is 1.19. The van der Waals surface area contributed by atoms with Crippen molar-refractivity contribution >= 4 is 12.4 Å². The van der Waals surface area contributed by atoms with Gasteiger partial charge in [0, 0.05) is 31.9 Å². The number of aromatic nitrogens is 2. The quantitative estimate of drug-likeness (QED) is 0.881. The molecule has 0 aliphatic carbocycles. The third-order valence-electron chi connectivity index (χ3n) is 3.37. The zero-order valence-electron chi connectivity index (χ0n) is 10.9. The highest BCUT2D eigenvalue weighted by molar-refractivity contribution is 5.85. The Labute approximate surface area is 110 Å². The van der Waals surface area contributed by atoms with Gasteiger partial charge in [0.1, 0.15) is 0 Å². The van der Waals surface area contributed by atoms with E-state index in [1.165, 1.54) is 30.8 Å². The Bertz CT molecular complexity index is 350. The first-order valence-electron chi connectivity index (χ1n) is 6.05. The first-order chi connectivity index (χ1) is 7.69. The minimum Gasteiger partial charge on any atom is -0.319 e. The summed E-state index contributed by atoms with van der Waals surface area (Å²) in [6.45, 7) is 6.73. The lowest BCUT2D eigenvalue weighted by atomic mass is 10.1. The molecule has 1 aliphatic rings. The maximum atomic E-state index is 4.39. The Morgan fingerprint density at radius 2 is 2.29 bits per heavy atom. The summed E-state index contributed by atoms with van der Waals surface area (Å²) in [6, 6.07) is 0. The molecule has 4 nitrogen and oxygen atoms in total. The van der Waals surface area contributed by atoms with Crippen LogP contribution in [0.3, 0.4) is 0 Å². The zero-order valence-corrected chi connectivity index (χ0v) is 11.8. The number of nitrogens with zero attached hydrogens (tertiary/aromatic N) is 3. The molecule has 1 aliphatic heterocycles. The SMILES string of the molecule is CNCC1CCN(Cc2cn(C)nc2C)C1.Cl. The van der Waals surface area contributed by atoms with Gasteiger partial charge in [-0.05, 0) is 39.4 Å². The molecular weight excluding hydrogens is 236 g/mol. The Morgan fingerprint density at radius 3 is 2.88 bits per heavy atom. The van der Waals surface area contributed by atoms with Gasteiger partial charge in [0.05, 0.1) is 5.69 Å². The molecule has 0 aromatic carbocycles. The van der Waals surface area contributed by atoms with Gasteiger partial charge in [-0.15, -0.1) is 12.4 Å². The van der Waals surface area contributed by atoms with Crippen LogP contribution in [0.25, 0.3) is 0 Å². The van der Waals surface area contributed by atoms with Gasteiger partial charge >= 0.3 is 0 Å². The van der Waals surface area contributed by atoms with E-state index in [0.29, 0.717) is 0 Å². The van der Waals surface area contributed by atoms with Gasteiger partial charge in [-0.2, -0.15) is 5.10 Å². The average Bonchev–Trinajstić information content (AvgIpc) is 2.76. The molecule has 1 saturated heterocycles. The summed E-state index contributed by atoms with van der Waals surface area (Å²) in [7, 11) is 4.03. The third-order valence-corrected chi connectivity index (χ3v) is 3.37. The molecule has 0 saturated carbocycles. The molecule has 1 N–H and O–H groups in total. The maximum absolute atomic E-state index is 4.39. The molecule has 0 radical (unpaired) electrons. The topological polar surface area (TPSA) is 33.1 Å². The van der Waals surface area contributed by atoms with Gasteiger partial charge in [0.25, 0.3) is 0 Å². The fourth-order valence-electron chi connectivity index (χ4n) is 2.56. The smallest absolute Gasteiger partial charge is 0.0638 e. The van der Waals surface area contributed by atoms with Crippen molar-refractivity contribution in [3.63, 3.8) is 0 Å². The molecule has 17 heavy (non-hydrogen) atoms. The van der Waals surface area contributed by atoms with Crippen LogP contribution in [0.15, 0.2) is 6.20 Å². The lowest BCUT2D eigenvalue weighted by Crippen LogP contribution is -2.24. The highest BCUT2D eigenvalue weighted by atomic mass is 35.5. The number of likely N-dealkylation sites (tertiary alicyclic amines) is 1. The Morgan fingerprint density at radius 1 is 1.53 bits per heavy atom. The van der Waals surface area contributed by atoms with Crippen molar-refractivity contribution in [3.05, 3.63) is 17.5 Å². The average molecular weight is 259 g/mol. The molecule has 98 valence electrons. The molecule has 1 aromatic rings. The van der Waals surface area contributed by atoms with Crippen molar-refractivity contribution in [1.29, 1.82) is 0 Å². The largest absolute Gasteiger partial charge is 0.319 e. The van der Waals surface area contributed by atoms with Crippen LogP contribution in [0, 0.1) is 12.8 Å². The number of halogens is 1. The summed E-state index contributed by atoms with van der Waals surface area (Å²) in [5, 5.41) is 7.65. The van der Waals surface area contributed by atoms with Crippen LogP contribution in [0.5, 0.6) is 0 Å². The lowest BCUT2D eigenvalue weighted by molar-refractivity contribution is 0.315. The molecule has 0 amide bonds. The number of nitrogens with one attached hydrogen (secondary N) is 1. The molecule has 1 unspecified atom stereocenters. The van der Waals surface area contributed by atoms with Crippen LogP contribution >= 0.6 is 12.4 Å². The molecule has 5 heteroatoms. The number of hydrogen-bond acceptors (Lipinski definition) is 3. The molecule has 1 atom stereocenters. The van der Waals surface area contributed by atoms with E-state index in [4.69, 9.17) is 0 Å². The van der Waals surface area contributed by atoms with Crippen molar-refractivity contribution in [3.8, 4) is 0 Å². The molecule has 0 spiro atoms. The van der Waals surface area contributed by atoms with Crippen molar-refractivity contribution < 1.29 is 0 Å². The van der Waals surface area contributed by atoms with E-state index in [9.17, 15) is 0 Å². The highest BCUT2D eigenvalue weighted by Gasteiger charge is 2.22. The van der Waals surface area contributed by atoms with E-state index < -0.39 is 0 Å². The van der Waals surface area contributed by atoms with Crippen molar-refractivity contribution in [2.24, 2.45) is 13.0 Å². The monoisotopic (exact) mass is 258 g/mol. The van der Waals surface area contributed by atoms with Crippen molar-refractivity contribution in [2.45, 2.75) is 19.9 Å². The lowest BCUT2D eigenvalue weighted by Gasteiger charge is -2.15. The second-order valence-corrected chi connectivity index (χ2v) is 4.86. The highest BCUT2D eigenvalue weighted by Crippen LogP contribution is 2.18. The fraction of sp³-hybridized carbons (Fsp3) is 0.750. The summed E-state index contributed by atoms with van der Waals surface area (Å²) >= 11 is 0. The minimum absolute atomic E-state index is 0. The van der Waals surface area contributed by atoms with E-state index in [2.05, 4.69) is 28.4 Å².